The maximum atomic E-state index is 8.74. The van der Waals surface area contributed by atoms with Crippen LogP contribution in [-0.4, -0.2) is 30.5 Å². The van der Waals surface area contributed by atoms with Crippen LogP contribution < -0.4 is 5.32 Å². The Balaban J connectivity index is 2.46. The minimum Gasteiger partial charge on any atom is -0.385 e. The van der Waals surface area contributed by atoms with Crippen LogP contribution in [0.3, 0.4) is 0 Å². The summed E-state index contributed by atoms with van der Waals surface area (Å²) in [5, 5.41) is 19.3. The van der Waals surface area contributed by atoms with Crippen LogP contribution >= 0.6 is 0 Å². The zero-order chi connectivity index (χ0) is 10.2. The Morgan fingerprint density at radius 1 is 1.64 bits per heavy atom. The van der Waals surface area contributed by atoms with E-state index in [2.05, 4.69) is 15.5 Å². The highest BCUT2D eigenvalue weighted by molar-refractivity contribution is 5.49. The molecule has 1 N–H and O–H groups in total. The molecule has 0 aromatic carbocycles. The Kier molecular flexibility index (Phi) is 4.38. The van der Waals surface area contributed by atoms with E-state index in [1.807, 2.05) is 6.07 Å². The van der Waals surface area contributed by atoms with Gasteiger partial charge in [-0.2, -0.15) is 10.4 Å². The number of methoxy groups -OCH3 is 1. The van der Waals surface area contributed by atoms with E-state index in [0.29, 0.717) is 18.0 Å². The van der Waals surface area contributed by atoms with Crippen molar-refractivity contribution in [1.29, 1.82) is 5.26 Å². The lowest BCUT2D eigenvalue weighted by molar-refractivity contribution is 0.197. The van der Waals surface area contributed by atoms with Crippen LogP contribution in [-0.2, 0) is 4.74 Å². The summed E-state index contributed by atoms with van der Waals surface area (Å²) >= 11 is 0. The van der Waals surface area contributed by atoms with Crippen molar-refractivity contribution in [3.05, 3.63) is 17.8 Å². The molecule has 1 heterocycles. The summed E-state index contributed by atoms with van der Waals surface area (Å²) in [5.74, 6) is 0.533. The predicted octanol–water partition coefficient (Wildman–Crippen LogP) is 0.797. The molecule has 0 radical (unpaired) electrons. The van der Waals surface area contributed by atoms with Gasteiger partial charge in [0.2, 0.25) is 0 Å². The molecule has 14 heavy (non-hydrogen) atoms. The van der Waals surface area contributed by atoms with Gasteiger partial charge >= 0.3 is 0 Å². The molecule has 0 aliphatic heterocycles. The maximum Gasteiger partial charge on any atom is 0.166 e. The second kappa shape index (κ2) is 5.89. The highest BCUT2D eigenvalue weighted by Crippen LogP contribution is 2.07. The molecular formula is C9H12N4O. The standard InChI is InChI=1S/C9H12N4O/c1-14-6-2-4-11-9-8(7-10)3-5-12-13-9/h3,5H,2,4,6H2,1H3,(H,11,13). The fourth-order valence-electron chi connectivity index (χ4n) is 0.976. The zero-order valence-electron chi connectivity index (χ0n) is 8.03. The molecule has 0 fully saturated rings. The van der Waals surface area contributed by atoms with Crippen molar-refractivity contribution in [2.75, 3.05) is 25.6 Å². The van der Waals surface area contributed by atoms with Crippen LogP contribution in [0.5, 0.6) is 0 Å². The van der Waals surface area contributed by atoms with Crippen molar-refractivity contribution in [2.45, 2.75) is 6.42 Å². The van der Waals surface area contributed by atoms with Gasteiger partial charge in [-0.1, -0.05) is 0 Å². The van der Waals surface area contributed by atoms with Gasteiger partial charge in [0, 0.05) is 20.3 Å². The first-order valence-corrected chi connectivity index (χ1v) is 4.33. The average Bonchev–Trinajstić information content (AvgIpc) is 2.25. The maximum absolute atomic E-state index is 8.74. The fraction of sp³-hybridized carbons (Fsp3) is 0.444. The van der Waals surface area contributed by atoms with Crippen LogP contribution in [0.2, 0.25) is 0 Å². The minimum atomic E-state index is 0.511. The largest absolute Gasteiger partial charge is 0.385 e. The number of hydrogen-bond donors (Lipinski definition) is 1. The van der Waals surface area contributed by atoms with Crippen molar-refractivity contribution in [2.24, 2.45) is 0 Å². The normalized spacial score (nSPS) is 9.43. The van der Waals surface area contributed by atoms with E-state index in [-0.39, 0.29) is 0 Å². The minimum absolute atomic E-state index is 0.511. The average molecular weight is 192 g/mol. The monoisotopic (exact) mass is 192 g/mol. The van der Waals surface area contributed by atoms with Gasteiger partial charge in [0.15, 0.2) is 5.82 Å². The Morgan fingerprint density at radius 3 is 3.21 bits per heavy atom. The SMILES string of the molecule is COCCCNc1nnccc1C#N. The number of aromatic nitrogens is 2. The van der Waals surface area contributed by atoms with E-state index in [1.165, 1.54) is 6.20 Å². The predicted molar refractivity (Wildman–Crippen MR) is 51.7 cm³/mol. The summed E-state index contributed by atoms with van der Waals surface area (Å²) in [5.41, 5.74) is 0.511. The molecule has 1 aromatic heterocycles. The van der Waals surface area contributed by atoms with E-state index >= 15 is 0 Å². The van der Waals surface area contributed by atoms with E-state index in [1.54, 1.807) is 13.2 Å². The van der Waals surface area contributed by atoms with Crippen LogP contribution in [0, 0.1) is 11.3 Å². The number of nitrogens with one attached hydrogen (secondary N) is 1. The molecule has 0 amide bonds. The van der Waals surface area contributed by atoms with Crippen LogP contribution in [0.4, 0.5) is 5.82 Å². The molecule has 0 saturated carbocycles. The van der Waals surface area contributed by atoms with Crippen molar-refractivity contribution >= 4 is 5.82 Å². The van der Waals surface area contributed by atoms with Gasteiger partial charge in [0.1, 0.15) is 6.07 Å². The summed E-state index contributed by atoms with van der Waals surface area (Å²) in [4.78, 5) is 0. The summed E-state index contributed by atoms with van der Waals surface area (Å²) in [6.45, 7) is 1.41. The molecule has 5 heteroatoms. The lowest BCUT2D eigenvalue weighted by Gasteiger charge is -2.04. The van der Waals surface area contributed by atoms with Gasteiger partial charge in [-0.3, -0.25) is 0 Å². The van der Waals surface area contributed by atoms with Crippen molar-refractivity contribution in [3.8, 4) is 6.07 Å². The molecule has 1 rings (SSSR count). The van der Waals surface area contributed by atoms with Gasteiger partial charge in [0.05, 0.1) is 11.8 Å². The van der Waals surface area contributed by atoms with E-state index in [0.717, 1.165) is 13.0 Å². The molecule has 0 aliphatic carbocycles. The van der Waals surface area contributed by atoms with Crippen LogP contribution in [0.1, 0.15) is 12.0 Å². The summed E-state index contributed by atoms with van der Waals surface area (Å²) in [7, 11) is 1.66. The first-order valence-electron chi connectivity index (χ1n) is 4.33. The molecule has 1 aromatic rings. The molecule has 0 aliphatic rings. The Morgan fingerprint density at radius 2 is 2.50 bits per heavy atom. The second-order valence-electron chi connectivity index (χ2n) is 2.68. The number of anilines is 1. The molecule has 74 valence electrons. The summed E-state index contributed by atoms with van der Waals surface area (Å²) < 4.78 is 4.90. The second-order valence-corrected chi connectivity index (χ2v) is 2.68. The van der Waals surface area contributed by atoms with Gasteiger partial charge in [-0.05, 0) is 12.5 Å². The third kappa shape index (κ3) is 2.99. The highest BCUT2D eigenvalue weighted by atomic mass is 16.5. The van der Waals surface area contributed by atoms with Gasteiger partial charge < -0.3 is 10.1 Å². The molecule has 0 saturated heterocycles. The van der Waals surface area contributed by atoms with Gasteiger partial charge in [-0.25, -0.2) is 0 Å². The van der Waals surface area contributed by atoms with E-state index < -0.39 is 0 Å². The number of nitriles is 1. The Labute approximate surface area is 82.7 Å². The van der Waals surface area contributed by atoms with Crippen LogP contribution in [0.15, 0.2) is 12.3 Å². The first kappa shape index (κ1) is 10.4. The lowest BCUT2D eigenvalue weighted by atomic mass is 10.3. The molecular weight excluding hydrogens is 180 g/mol. The molecule has 0 unspecified atom stereocenters. The van der Waals surface area contributed by atoms with Crippen molar-refractivity contribution in [3.63, 3.8) is 0 Å². The number of rotatable bonds is 5. The first-order chi connectivity index (χ1) is 6.88. The van der Waals surface area contributed by atoms with E-state index in [4.69, 9.17) is 10.00 Å². The molecule has 5 nitrogen and oxygen atoms in total. The van der Waals surface area contributed by atoms with Crippen molar-refractivity contribution in [1.82, 2.24) is 10.2 Å². The third-order valence-electron chi connectivity index (χ3n) is 1.66. The topological polar surface area (TPSA) is 70.8 Å². The number of nitrogens with zero attached hydrogens (tertiary/aromatic N) is 3. The lowest BCUT2D eigenvalue weighted by Crippen LogP contribution is -2.07. The Hall–Kier alpha value is -1.67. The highest BCUT2D eigenvalue weighted by Gasteiger charge is 2.01. The molecule has 0 spiro atoms. The van der Waals surface area contributed by atoms with Crippen LogP contribution in [0.25, 0.3) is 0 Å². The Bertz CT molecular complexity index is 321. The summed E-state index contributed by atoms with van der Waals surface area (Å²) in [6, 6.07) is 3.67. The van der Waals surface area contributed by atoms with Gasteiger partial charge in [-0.15, -0.1) is 5.10 Å². The van der Waals surface area contributed by atoms with E-state index in [9.17, 15) is 0 Å². The summed E-state index contributed by atoms with van der Waals surface area (Å²) in [6.07, 6.45) is 2.37. The fourth-order valence-corrected chi connectivity index (χ4v) is 0.976. The number of hydrogen-bond acceptors (Lipinski definition) is 5. The number of ether oxygens (including phenoxy) is 1. The quantitative estimate of drug-likeness (QED) is 0.698. The van der Waals surface area contributed by atoms with Crippen molar-refractivity contribution < 1.29 is 4.74 Å². The third-order valence-corrected chi connectivity index (χ3v) is 1.66. The zero-order valence-corrected chi connectivity index (χ0v) is 8.03. The van der Waals surface area contributed by atoms with Gasteiger partial charge in [0.25, 0.3) is 0 Å². The molecule has 0 atom stereocenters. The molecule has 0 bridgehead atoms. The smallest absolute Gasteiger partial charge is 0.166 e.